The Morgan fingerprint density at radius 1 is 1.00 bits per heavy atom. The van der Waals surface area contributed by atoms with Crippen molar-refractivity contribution < 1.29 is 98.0 Å². The SMILES string of the molecule is CC(=O)CNC(C)=O.CCOC=O.CC[O-].CC[O-].Cc1c[nH]c(N)c1C(N)=O.Cc1c[nH]c2nc[nH]c(=O)c12.N#CCC(N)=O.[Na+].[Na+]. The molecule has 3 amide bonds. The van der Waals surface area contributed by atoms with Crippen LogP contribution in [0.3, 0.4) is 0 Å². The van der Waals surface area contributed by atoms with Crippen LogP contribution in [0.5, 0.6) is 0 Å². The second-order valence-corrected chi connectivity index (χ2v) is 8.09. The average molecular weight is 698 g/mol. The van der Waals surface area contributed by atoms with Gasteiger partial charge in [-0.25, -0.2) is 4.98 Å². The van der Waals surface area contributed by atoms with Crippen molar-refractivity contribution in [3.8, 4) is 6.07 Å². The van der Waals surface area contributed by atoms with Gasteiger partial charge < -0.3 is 52.4 Å². The summed E-state index contributed by atoms with van der Waals surface area (Å²) in [5, 5.41) is 28.5. The molecule has 0 radical (unpaired) electrons. The molecule has 0 aliphatic heterocycles. The molecule has 0 bridgehead atoms. The van der Waals surface area contributed by atoms with Crippen LogP contribution in [0.1, 0.15) is 62.5 Å². The number of H-pyrrole nitrogens is 3. The average Bonchev–Trinajstić information content (AvgIpc) is 3.52. The first-order valence-corrected chi connectivity index (χ1v) is 13.4. The molecule has 0 saturated heterocycles. The van der Waals surface area contributed by atoms with E-state index in [-0.39, 0.29) is 103 Å². The van der Waals surface area contributed by atoms with E-state index < -0.39 is 11.8 Å². The van der Waals surface area contributed by atoms with Gasteiger partial charge in [0.05, 0.1) is 36.5 Å². The monoisotopic (exact) mass is 697 g/mol. The molecule has 3 heterocycles. The molecule has 3 aromatic rings. The summed E-state index contributed by atoms with van der Waals surface area (Å²) in [5.74, 6) is -0.917. The van der Waals surface area contributed by atoms with Gasteiger partial charge in [0.15, 0.2) is 0 Å². The second-order valence-electron chi connectivity index (χ2n) is 8.09. The Balaban J connectivity index is -0.000000112. The van der Waals surface area contributed by atoms with E-state index in [9.17, 15) is 28.8 Å². The normalized spacial score (nSPS) is 8.08. The van der Waals surface area contributed by atoms with Gasteiger partial charge in [0.2, 0.25) is 11.8 Å². The van der Waals surface area contributed by atoms with Crippen LogP contribution < -0.4 is 97.4 Å². The standard InChI is InChI=1S/C7H7N3O.C6H9N3O.C5H9NO2.C3H4N2O.C3H6O2.2C2H5O.2Na/c1-4-2-8-6-5(4)7(11)10-3-9-6;1-3-2-9-5(7)4(3)6(8)10;1-4(7)3-6-5(2)8;4-2-1-3(5)6;1-2-5-3-4;2*1-2-3;;/h2-3H,1H3,(H2,8,9,10,11);2,9H,7H2,1H3,(H2,8,10);3H2,1-2H3,(H,6,8);1H2,(H2,5,6);3H,2H2,1H3;2*2H2,1H3;;/q;;;;;2*-1;2*+1. The van der Waals surface area contributed by atoms with Crippen LogP contribution in [0.2, 0.25) is 0 Å². The molecule has 20 heteroatoms. The molecule has 0 fully saturated rings. The molecule has 10 N–H and O–H groups in total. The van der Waals surface area contributed by atoms with Crippen LogP contribution in [0.25, 0.3) is 11.0 Å². The Hall–Kier alpha value is -3.54. The summed E-state index contributed by atoms with van der Waals surface area (Å²) in [7, 11) is 0. The number of primary amides is 2. The first-order chi connectivity index (χ1) is 21.6. The molecule has 0 saturated carbocycles. The fraction of sp³-hybridized carbons (Fsp3) is 0.429. The van der Waals surface area contributed by atoms with E-state index in [2.05, 4.69) is 35.7 Å². The molecule has 3 rings (SSSR count). The van der Waals surface area contributed by atoms with Crippen LogP contribution >= 0.6 is 0 Å². The predicted octanol–water partition coefficient (Wildman–Crippen LogP) is -7.42. The summed E-state index contributed by atoms with van der Waals surface area (Å²) < 4.78 is 4.15. The van der Waals surface area contributed by atoms with E-state index in [4.69, 9.17) is 26.9 Å². The fourth-order valence-electron chi connectivity index (χ4n) is 2.39. The van der Waals surface area contributed by atoms with Gasteiger partial charge in [-0.05, 0) is 38.8 Å². The first-order valence-electron chi connectivity index (χ1n) is 13.4. The Morgan fingerprint density at radius 3 is 1.73 bits per heavy atom. The van der Waals surface area contributed by atoms with E-state index >= 15 is 0 Å². The number of nitrogens with two attached hydrogens (primary N) is 3. The topological polar surface area (TPSA) is 332 Å². The zero-order valence-electron chi connectivity index (χ0n) is 29.1. The number of rotatable bonds is 6. The number of hydrogen-bond acceptors (Lipinski definition) is 12. The van der Waals surface area contributed by atoms with Gasteiger partial charge >= 0.3 is 59.1 Å². The van der Waals surface area contributed by atoms with Crippen molar-refractivity contribution >= 4 is 46.8 Å². The van der Waals surface area contributed by atoms with E-state index in [1.165, 1.54) is 20.2 Å². The Morgan fingerprint density at radius 2 is 1.50 bits per heavy atom. The third-order valence-electron chi connectivity index (χ3n) is 4.10. The number of hydrogen-bond donors (Lipinski definition) is 7. The minimum Gasteiger partial charge on any atom is -0.855 e. The first kappa shape index (κ1) is 56.8. The molecule has 0 aromatic carbocycles. The maximum atomic E-state index is 11.1. The van der Waals surface area contributed by atoms with Crippen LogP contribution in [0, 0.1) is 25.2 Å². The Kier molecular flexibility index (Phi) is 44.8. The minimum absolute atomic E-state index is 0. The molecule has 0 atom stereocenters. The number of amides is 3. The predicted molar refractivity (Wildman–Crippen MR) is 167 cm³/mol. The molecule has 18 nitrogen and oxygen atoms in total. The molecule has 48 heavy (non-hydrogen) atoms. The summed E-state index contributed by atoms with van der Waals surface area (Å²) in [4.78, 5) is 72.8. The largest absolute Gasteiger partial charge is 1.00 e. The van der Waals surface area contributed by atoms with Gasteiger partial charge in [-0.1, -0.05) is 13.8 Å². The van der Waals surface area contributed by atoms with Gasteiger partial charge in [0.1, 0.15) is 23.7 Å². The van der Waals surface area contributed by atoms with E-state index in [0.29, 0.717) is 35.5 Å². The number of aromatic nitrogens is 4. The molecule has 0 spiro atoms. The van der Waals surface area contributed by atoms with Crippen LogP contribution in [0.15, 0.2) is 23.5 Å². The van der Waals surface area contributed by atoms with Gasteiger partial charge in [0.25, 0.3) is 17.9 Å². The number of nitrogens with zero attached hydrogens (tertiary/aromatic N) is 2. The molecule has 0 unspecified atom stereocenters. The third kappa shape index (κ3) is 33.8. The number of aromatic amines is 3. The number of fused-ring (bicyclic) bond motifs is 1. The quantitative estimate of drug-likeness (QED) is 0.0933. The molecule has 0 aliphatic rings. The van der Waals surface area contributed by atoms with Gasteiger partial charge in [-0.3, -0.25) is 28.8 Å². The molecule has 258 valence electrons. The van der Waals surface area contributed by atoms with E-state index in [1.807, 2.05) is 6.92 Å². The summed E-state index contributed by atoms with van der Waals surface area (Å²) in [6.07, 6.45) is 4.63. The minimum atomic E-state index is -0.572. The fourth-order valence-corrected chi connectivity index (χ4v) is 2.39. The molecular formula is C28H45N9Na2O9. The number of nitrogen functional groups attached to an aromatic ring is 1. The number of ether oxygens (including phenoxy) is 1. The van der Waals surface area contributed by atoms with Crippen molar-refractivity contribution in [1.82, 2.24) is 25.3 Å². The molecular weight excluding hydrogens is 652 g/mol. The Labute approximate surface area is 323 Å². The molecule has 3 aromatic heterocycles. The van der Waals surface area contributed by atoms with Crippen LogP contribution in [0.4, 0.5) is 5.82 Å². The summed E-state index contributed by atoms with van der Waals surface area (Å²) >= 11 is 0. The Bertz CT molecular complexity index is 1370. The third-order valence-corrected chi connectivity index (χ3v) is 4.10. The van der Waals surface area contributed by atoms with Crippen LogP contribution in [-0.2, 0) is 23.9 Å². The number of Topliss-reactive ketones (excluding diaryl/α,β-unsaturated/α-hetero) is 1. The maximum absolute atomic E-state index is 11.1. The van der Waals surface area contributed by atoms with Crippen molar-refractivity contribution in [3.05, 3.63) is 45.8 Å². The van der Waals surface area contributed by atoms with Crippen molar-refractivity contribution in [2.45, 2.75) is 54.9 Å². The summed E-state index contributed by atoms with van der Waals surface area (Å²) in [6, 6.07) is 1.59. The number of carbonyl (C=O) groups is 5. The zero-order chi connectivity index (χ0) is 36.7. The van der Waals surface area contributed by atoms with Crippen molar-refractivity contribution in [2.24, 2.45) is 11.5 Å². The van der Waals surface area contributed by atoms with Gasteiger partial charge in [-0.2, -0.15) is 5.26 Å². The number of carbonyl (C=O) groups excluding carboxylic acids is 5. The van der Waals surface area contributed by atoms with Crippen molar-refractivity contribution in [3.63, 3.8) is 0 Å². The molecule has 0 aliphatic carbocycles. The van der Waals surface area contributed by atoms with Gasteiger partial charge in [-0.15, -0.1) is 13.2 Å². The van der Waals surface area contributed by atoms with Crippen molar-refractivity contribution in [1.29, 1.82) is 5.26 Å². The van der Waals surface area contributed by atoms with E-state index in [1.54, 1.807) is 46.2 Å². The second kappa shape index (κ2) is 37.9. The zero-order valence-corrected chi connectivity index (χ0v) is 33.1. The van der Waals surface area contributed by atoms with Crippen LogP contribution in [-0.4, -0.2) is 76.3 Å². The number of nitriles is 1. The van der Waals surface area contributed by atoms with E-state index in [0.717, 1.165) is 11.1 Å². The van der Waals surface area contributed by atoms with Gasteiger partial charge in [0, 0.05) is 19.3 Å². The summed E-state index contributed by atoms with van der Waals surface area (Å²) in [5.41, 5.74) is 17.6. The number of anilines is 1. The number of nitrogens with one attached hydrogen (secondary N) is 4. The number of aryl methyl sites for hydroxylation is 2. The number of ketones is 1. The maximum Gasteiger partial charge on any atom is 1.00 e. The smallest absolute Gasteiger partial charge is 0.855 e. The summed E-state index contributed by atoms with van der Waals surface area (Å²) in [6.45, 7) is 12.4. The van der Waals surface area contributed by atoms with Crippen molar-refractivity contribution in [2.75, 3.05) is 32.1 Å².